The molecule has 5 nitrogen and oxygen atoms in total. The molecule has 23 heavy (non-hydrogen) atoms. The number of hydrogen-bond acceptors (Lipinski definition) is 3. The summed E-state index contributed by atoms with van der Waals surface area (Å²) in [6, 6.07) is 0. The van der Waals surface area contributed by atoms with Crippen LogP contribution in [0, 0.1) is 11.8 Å². The molecule has 0 unspecified atom stereocenters. The second kappa shape index (κ2) is 9.06. The molecule has 2 aliphatic heterocycles. The van der Waals surface area contributed by atoms with Crippen LogP contribution in [0.1, 0.15) is 58.3 Å². The van der Waals surface area contributed by atoms with Gasteiger partial charge in [-0.05, 0) is 6.42 Å². The number of carboxylic acids is 1. The van der Waals surface area contributed by atoms with Crippen molar-refractivity contribution in [3.05, 3.63) is 12.2 Å². The molecule has 0 aliphatic carbocycles. The maximum Gasteiger partial charge on any atom is 0.310 e. The van der Waals surface area contributed by atoms with Gasteiger partial charge in [0.15, 0.2) is 0 Å². The highest BCUT2D eigenvalue weighted by Crippen LogP contribution is 2.39. The van der Waals surface area contributed by atoms with Crippen LogP contribution in [0.15, 0.2) is 12.2 Å². The predicted molar refractivity (Wildman–Crippen MR) is 88.0 cm³/mol. The summed E-state index contributed by atoms with van der Waals surface area (Å²) < 4.78 is 5.52. The number of aliphatic carboxylic acids is 1. The lowest BCUT2D eigenvalue weighted by molar-refractivity contribution is -0.146. The van der Waals surface area contributed by atoms with E-state index in [9.17, 15) is 14.7 Å². The SMILES string of the molecule is CCCCCCCCCCNC(=O)[C@H]1[C@@H](C(=O)O)[C@@H]2C=C[C@@H]1O2. The minimum absolute atomic E-state index is 0.183. The number of carbonyl (C=O) groups is 2. The van der Waals surface area contributed by atoms with Crippen LogP contribution in [0.4, 0.5) is 0 Å². The number of rotatable bonds is 11. The van der Waals surface area contributed by atoms with Crippen LogP contribution in [-0.4, -0.2) is 35.7 Å². The van der Waals surface area contributed by atoms with Gasteiger partial charge in [-0.3, -0.25) is 9.59 Å². The van der Waals surface area contributed by atoms with Crippen molar-refractivity contribution in [2.24, 2.45) is 11.8 Å². The van der Waals surface area contributed by atoms with E-state index in [1.165, 1.54) is 38.5 Å². The van der Waals surface area contributed by atoms with Crippen molar-refractivity contribution in [2.75, 3.05) is 6.54 Å². The third kappa shape index (κ3) is 4.80. The molecule has 0 saturated carbocycles. The van der Waals surface area contributed by atoms with Crippen molar-refractivity contribution in [1.29, 1.82) is 0 Å². The molecule has 2 N–H and O–H groups in total. The molecule has 5 heteroatoms. The van der Waals surface area contributed by atoms with E-state index in [-0.39, 0.29) is 12.0 Å². The quantitative estimate of drug-likeness (QED) is 0.453. The zero-order chi connectivity index (χ0) is 16.7. The lowest BCUT2D eigenvalue weighted by atomic mass is 9.82. The summed E-state index contributed by atoms with van der Waals surface area (Å²) in [4.78, 5) is 23.6. The zero-order valence-corrected chi connectivity index (χ0v) is 14.0. The van der Waals surface area contributed by atoms with E-state index in [4.69, 9.17) is 4.74 Å². The first kappa shape index (κ1) is 18.0. The van der Waals surface area contributed by atoms with Gasteiger partial charge in [-0.15, -0.1) is 0 Å². The van der Waals surface area contributed by atoms with Crippen molar-refractivity contribution < 1.29 is 19.4 Å². The largest absolute Gasteiger partial charge is 0.481 e. The maximum absolute atomic E-state index is 12.3. The van der Waals surface area contributed by atoms with Crippen molar-refractivity contribution in [3.63, 3.8) is 0 Å². The molecule has 0 aromatic heterocycles. The van der Waals surface area contributed by atoms with Gasteiger partial charge < -0.3 is 15.2 Å². The molecular weight excluding hydrogens is 294 g/mol. The highest BCUT2D eigenvalue weighted by molar-refractivity contribution is 5.87. The molecule has 0 aromatic carbocycles. The second-order valence-electron chi connectivity index (χ2n) is 6.61. The Morgan fingerprint density at radius 2 is 1.52 bits per heavy atom. The van der Waals surface area contributed by atoms with E-state index >= 15 is 0 Å². The molecule has 1 fully saturated rings. The topological polar surface area (TPSA) is 75.6 Å². The first-order chi connectivity index (χ1) is 11.1. The Balaban J connectivity index is 1.60. The van der Waals surface area contributed by atoms with E-state index in [0.29, 0.717) is 6.54 Å². The molecule has 0 spiro atoms. The van der Waals surface area contributed by atoms with Gasteiger partial charge in [0.05, 0.1) is 18.1 Å². The average Bonchev–Trinajstić information content (AvgIpc) is 3.14. The number of hydrogen-bond donors (Lipinski definition) is 2. The van der Waals surface area contributed by atoms with Crippen molar-refractivity contribution in [3.8, 4) is 0 Å². The van der Waals surface area contributed by atoms with Gasteiger partial charge in [0.25, 0.3) is 0 Å². The van der Waals surface area contributed by atoms with Crippen LogP contribution in [-0.2, 0) is 14.3 Å². The first-order valence-corrected chi connectivity index (χ1v) is 8.99. The number of ether oxygens (including phenoxy) is 1. The summed E-state index contributed by atoms with van der Waals surface area (Å²) >= 11 is 0. The van der Waals surface area contributed by atoms with Crippen LogP contribution in [0.2, 0.25) is 0 Å². The number of unbranched alkanes of at least 4 members (excludes halogenated alkanes) is 7. The molecule has 2 rings (SSSR count). The predicted octanol–water partition coefficient (Wildman–Crippen LogP) is 2.90. The minimum Gasteiger partial charge on any atom is -0.481 e. The molecule has 0 aromatic rings. The van der Waals surface area contributed by atoms with Crippen molar-refractivity contribution in [1.82, 2.24) is 5.32 Å². The van der Waals surface area contributed by atoms with Gasteiger partial charge >= 0.3 is 5.97 Å². The summed E-state index contributed by atoms with van der Waals surface area (Å²) in [6.07, 6.45) is 12.5. The Bertz CT molecular complexity index is 435. The highest BCUT2D eigenvalue weighted by atomic mass is 16.5. The van der Waals surface area contributed by atoms with Gasteiger partial charge in [0.2, 0.25) is 5.91 Å². The Kier molecular flexibility index (Phi) is 7.09. The molecule has 0 radical (unpaired) electrons. The molecule has 1 saturated heterocycles. The fourth-order valence-corrected chi connectivity index (χ4v) is 3.50. The summed E-state index contributed by atoms with van der Waals surface area (Å²) in [5.41, 5.74) is 0. The monoisotopic (exact) mass is 323 g/mol. The van der Waals surface area contributed by atoms with Crippen LogP contribution in [0.3, 0.4) is 0 Å². The highest BCUT2D eigenvalue weighted by Gasteiger charge is 2.53. The third-order valence-corrected chi connectivity index (χ3v) is 4.82. The summed E-state index contributed by atoms with van der Waals surface area (Å²) in [5.74, 6) is -2.47. The first-order valence-electron chi connectivity index (χ1n) is 8.99. The third-order valence-electron chi connectivity index (χ3n) is 4.82. The molecular formula is C18H29NO4. The fraction of sp³-hybridized carbons (Fsp3) is 0.778. The van der Waals surface area contributed by atoms with Gasteiger partial charge in [-0.1, -0.05) is 64.0 Å². The second-order valence-corrected chi connectivity index (χ2v) is 6.61. The minimum atomic E-state index is -0.950. The van der Waals surface area contributed by atoms with E-state index in [0.717, 1.165) is 12.8 Å². The molecule has 1 amide bonds. The summed E-state index contributed by atoms with van der Waals surface area (Å²) in [5, 5.41) is 12.2. The molecule has 2 aliphatic rings. The Labute approximate surface area is 138 Å². The van der Waals surface area contributed by atoms with Crippen LogP contribution >= 0.6 is 0 Å². The number of fused-ring (bicyclic) bond motifs is 2. The summed E-state index contributed by atoms with van der Waals surface area (Å²) in [7, 11) is 0. The van der Waals surface area contributed by atoms with Crippen molar-refractivity contribution >= 4 is 11.9 Å². The lowest BCUT2D eigenvalue weighted by Gasteiger charge is -2.20. The summed E-state index contributed by atoms with van der Waals surface area (Å²) in [6.45, 7) is 2.84. The average molecular weight is 323 g/mol. The van der Waals surface area contributed by atoms with E-state index in [2.05, 4.69) is 12.2 Å². The Morgan fingerprint density at radius 3 is 2.13 bits per heavy atom. The number of amides is 1. The van der Waals surface area contributed by atoms with Crippen LogP contribution in [0.5, 0.6) is 0 Å². The normalized spacial score (nSPS) is 28.2. The molecule has 2 bridgehead atoms. The van der Waals surface area contributed by atoms with Gasteiger partial charge in [0, 0.05) is 6.54 Å². The Morgan fingerprint density at radius 1 is 0.957 bits per heavy atom. The number of carboxylic acid groups (broad SMARTS) is 1. The van der Waals surface area contributed by atoms with Gasteiger partial charge in [-0.2, -0.15) is 0 Å². The molecule has 130 valence electrons. The standard InChI is InChI=1S/C18H29NO4/c1-2-3-4-5-6-7-8-9-12-19-17(20)15-13-10-11-14(23-13)16(15)18(21)22/h10-11,13-16H,2-9,12H2,1H3,(H,19,20)(H,21,22)/t13-,14-,15+,16-/m0/s1. The number of nitrogens with one attached hydrogen (secondary N) is 1. The van der Waals surface area contributed by atoms with Gasteiger partial charge in [-0.25, -0.2) is 0 Å². The smallest absolute Gasteiger partial charge is 0.310 e. The van der Waals surface area contributed by atoms with Crippen molar-refractivity contribution in [2.45, 2.75) is 70.5 Å². The van der Waals surface area contributed by atoms with E-state index < -0.39 is 23.9 Å². The fourth-order valence-electron chi connectivity index (χ4n) is 3.50. The maximum atomic E-state index is 12.3. The zero-order valence-electron chi connectivity index (χ0n) is 14.0. The lowest BCUT2D eigenvalue weighted by Crippen LogP contribution is -2.42. The number of carbonyl (C=O) groups excluding carboxylic acids is 1. The van der Waals surface area contributed by atoms with E-state index in [1.54, 1.807) is 6.08 Å². The van der Waals surface area contributed by atoms with Gasteiger partial charge in [0.1, 0.15) is 5.92 Å². The molecule has 2 heterocycles. The van der Waals surface area contributed by atoms with Crippen LogP contribution in [0.25, 0.3) is 0 Å². The van der Waals surface area contributed by atoms with Crippen LogP contribution < -0.4 is 5.32 Å². The Hall–Kier alpha value is -1.36. The van der Waals surface area contributed by atoms with E-state index in [1.807, 2.05) is 6.08 Å². The molecule has 4 atom stereocenters.